The van der Waals surface area contributed by atoms with Crippen molar-refractivity contribution in [1.82, 2.24) is 10.3 Å². The van der Waals surface area contributed by atoms with Gasteiger partial charge in [-0.15, -0.1) is 0 Å². The Kier molecular flexibility index (Phi) is 7.24. The van der Waals surface area contributed by atoms with Crippen molar-refractivity contribution in [3.05, 3.63) is 71.4 Å². The smallest absolute Gasteiger partial charge is 0.157 e. The van der Waals surface area contributed by atoms with E-state index in [2.05, 4.69) is 27.7 Å². The van der Waals surface area contributed by atoms with E-state index >= 15 is 0 Å². The molecule has 9 heteroatoms. The van der Waals surface area contributed by atoms with Crippen LogP contribution in [0.15, 0.2) is 59.6 Å². The maximum Gasteiger partial charge on any atom is 0.157 e. The average Bonchev–Trinajstić information content (AvgIpc) is 2.92. The first-order valence-electron chi connectivity index (χ1n) is 11.9. The van der Waals surface area contributed by atoms with Crippen LogP contribution in [-0.4, -0.2) is 48.4 Å². The number of nitrogens with zero attached hydrogens (tertiary/aromatic N) is 2. The number of rotatable bonds is 7. The third-order valence-electron chi connectivity index (χ3n) is 6.51. The van der Waals surface area contributed by atoms with E-state index in [4.69, 9.17) is 15.5 Å². The summed E-state index contributed by atoms with van der Waals surface area (Å²) in [4.78, 5) is 19.8. The maximum absolute atomic E-state index is 12.3. The molecule has 4 N–H and O–H groups in total. The van der Waals surface area contributed by atoms with Gasteiger partial charge < -0.3 is 35.4 Å². The van der Waals surface area contributed by atoms with Gasteiger partial charge in [-0.25, -0.2) is 4.98 Å². The summed E-state index contributed by atoms with van der Waals surface area (Å²) >= 11 is -1.18. The highest BCUT2D eigenvalue weighted by atomic mass is 32.2. The second-order valence-electron chi connectivity index (χ2n) is 8.68. The zero-order valence-electron chi connectivity index (χ0n) is 20.1. The summed E-state index contributed by atoms with van der Waals surface area (Å²) in [5.41, 5.74) is 12.1. The van der Waals surface area contributed by atoms with Crippen molar-refractivity contribution >= 4 is 40.7 Å². The molecule has 2 aliphatic rings. The quantitative estimate of drug-likeness (QED) is 0.332. The molecule has 0 radical (unpaired) electrons. The number of fused-ring (bicyclic) bond motifs is 1. The SMILES string of the molecule is C[S+]([O-])c1cccc(-c2cc3c(c(Nc4ccc(N5CCOCC5)cc4)n2)C(C=O)NC=C3)c1CN. The van der Waals surface area contributed by atoms with Crippen molar-refractivity contribution in [1.29, 1.82) is 0 Å². The predicted octanol–water partition coefficient (Wildman–Crippen LogP) is 3.34. The number of carbonyl (C=O) groups is 1. The molecule has 0 aliphatic carbocycles. The molecule has 36 heavy (non-hydrogen) atoms. The molecule has 0 saturated carbocycles. The van der Waals surface area contributed by atoms with Crippen LogP contribution in [0.1, 0.15) is 22.7 Å². The lowest BCUT2D eigenvalue weighted by Gasteiger charge is -2.29. The van der Waals surface area contributed by atoms with Crippen molar-refractivity contribution in [3.63, 3.8) is 0 Å². The lowest BCUT2D eigenvalue weighted by molar-refractivity contribution is -0.109. The van der Waals surface area contributed by atoms with Crippen LogP contribution in [0.3, 0.4) is 0 Å². The topological polar surface area (TPSA) is 116 Å². The summed E-state index contributed by atoms with van der Waals surface area (Å²) < 4.78 is 17.8. The monoisotopic (exact) mass is 503 g/mol. The number of nitrogens with one attached hydrogen (secondary N) is 2. The zero-order valence-corrected chi connectivity index (χ0v) is 20.9. The average molecular weight is 504 g/mol. The van der Waals surface area contributed by atoms with Crippen LogP contribution < -0.4 is 21.3 Å². The van der Waals surface area contributed by atoms with E-state index in [0.29, 0.717) is 16.4 Å². The van der Waals surface area contributed by atoms with Crippen LogP contribution in [0, 0.1) is 0 Å². The number of morpholine rings is 1. The van der Waals surface area contributed by atoms with Gasteiger partial charge in [0.25, 0.3) is 0 Å². The molecule has 5 rings (SSSR count). The van der Waals surface area contributed by atoms with Gasteiger partial charge >= 0.3 is 0 Å². The van der Waals surface area contributed by atoms with E-state index in [9.17, 15) is 9.35 Å². The van der Waals surface area contributed by atoms with Gasteiger partial charge in [0, 0.05) is 47.7 Å². The van der Waals surface area contributed by atoms with Crippen molar-refractivity contribution < 1.29 is 14.1 Å². The second kappa shape index (κ2) is 10.7. The van der Waals surface area contributed by atoms with Gasteiger partial charge in [-0.2, -0.15) is 0 Å². The summed E-state index contributed by atoms with van der Waals surface area (Å²) in [5, 5.41) is 6.53. The van der Waals surface area contributed by atoms with Crippen LogP contribution in [0.2, 0.25) is 0 Å². The molecule has 8 nitrogen and oxygen atoms in total. The Morgan fingerprint density at radius 1 is 1.25 bits per heavy atom. The lowest BCUT2D eigenvalue weighted by Crippen LogP contribution is -2.36. The summed E-state index contributed by atoms with van der Waals surface area (Å²) in [6.45, 7) is 3.44. The van der Waals surface area contributed by atoms with Crippen molar-refractivity contribution in [2.24, 2.45) is 5.73 Å². The van der Waals surface area contributed by atoms with Gasteiger partial charge in [0.2, 0.25) is 0 Å². The highest BCUT2D eigenvalue weighted by Gasteiger charge is 2.24. The summed E-state index contributed by atoms with van der Waals surface area (Å²) in [5.74, 6) is 0.585. The number of pyridine rings is 1. The van der Waals surface area contributed by atoms with Crippen LogP contribution in [0.4, 0.5) is 17.2 Å². The van der Waals surface area contributed by atoms with E-state index in [0.717, 1.165) is 66.2 Å². The van der Waals surface area contributed by atoms with Gasteiger partial charge in [-0.05, 0) is 65.4 Å². The number of aldehydes is 1. The number of nitrogens with two attached hydrogens (primary N) is 1. The molecule has 186 valence electrons. The molecular weight excluding hydrogens is 474 g/mol. The fourth-order valence-electron chi connectivity index (χ4n) is 4.70. The molecule has 1 aromatic heterocycles. The van der Waals surface area contributed by atoms with E-state index in [1.165, 1.54) is 0 Å². The molecule has 2 atom stereocenters. The molecule has 2 unspecified atom stereocenters. The highest BCUT2D eigenvalue weighted by molar-refractivity contribution is 7.90. The molecule has 3 aromatic rings. The van der Waals surface area contributed by atoms with Crippen molar-refractivity contribution in [3.8, 4) is 11.3 Å². The lowest BCUT2D eigenvalue weighted by atomic mass is 9.95. The van der Waals surface area contributed by atoms with Crippen LogP contribution in [0.25, 0.3) is 17.3 Å². The Bertz CT molecular complexity index is 1270. The Hall–Kier alpha value is -3.37. The maximum atomic E-state index is 12.3. The molecule has 2 aliphatic heterocycles. The Balaban J connectivity index is 1.56. The minimum atomic E-state index is -1.18. The summed E-state index contributed by atoms with van der Waals surface area (Å²) in [6.07, 6.45) is 6.22. The van der Waals surface area contributed by atoms with Gasteiger partial charge in [-0.3, -0.25) is 0 Å². The van der Waals surface area contributed by atoms with Crippen molar-refractivity contribution in [2.75, 3.05) is 42.8 Å². The highest BCUT2D eigenvalue weighted by Crippen LogP contribution is 2.36. The van der Waals surface area contributed by atoms with E-state index in [-0.39, 0.29) is 6.54 Å². The first kappa shape index (κ1) is 24.3. The van der Waals surface area contributed by atoms with Crippen molar-refractivity contribution in [2.45, 2.75) is 17.5 Å². The van der Waals surface area contributed by atoms with E-state index < -0.39 is 17.2 Å². The molecule has 3 heterocycles. The number of carbonyl (C=O) groups excluding carboxylic acids is 1. The number of hydrogen-bond donors (Lipinski definition) is 3. The minimum Gasteiger partial charge on any atom is -0.612 e. The normalized spacial score (nSPS) is 17.8. The van der Waals surface area contributed by atoms with Crippen LogP contribution >= 0.6 is 0 Å². The number of hydrogen-bond acceptors (Lipinski definition) is 8. The number of anilines is 3. The molecule has 0 amide bonds. The summed E-state index contributed by atoms with van der Waals surface area (Å²) in [6, 6.07) is 15.3. The first-order valence-corrected chi connectivity index (χ1v) is 13.4. The zero-order chi connectivity index (χ0) is 25.1. The predicted molar refractivity (Wildman–Crippen MR) is 144 cm³/mol. The number of aromatic nitrogens is 1. The fourth-order valence-corrected chi connectivity index (χ4v) is 5.51. The molecule has 1 fully saturated rings. The van der Waals surface area contributed by atoms with Gasteiger partial charge in [-0.1, -0.05) is 12.1 Å². The minimum absolute atomic E-state index is 0.240. The molecular formula is C27H29N5O3S. The fraction of sp³-hybridized carbons (Fsp3) is 0.259. The molecule has 0 spiro atoms. The van der Waals surface area contributed by atoms with Gasteiger partial charge in [0.05, 0.1) is 18.9 Å². The Labute approximate surface area is 213 Å². The standard InChI is InChI=1S/C27H29N5O3S/c1-36(34)25-4-2-3-21(22(25)16-28)23-15-18-9-10-29-24(17-33)26(18)27(31-23)30-19-5-7-20(8-6-19)32-11-13-35-14-12-32/h2-10,15,17,24,29H,11-14,16,28H2,1H3,(H,30,31). The van der Waals surface area contributed by atoms with Crippen LogP contribution in [-0.2, 0) is 27.3 Å². The Morgan fingerprint density at radius 2 is 2.03 bits per heavy atom. The third-order valence-corrected chi connectivity index (χ3v) is 7.51. The molecule has 1 saturated heterocycles. The number of ether oxygens (including phenoxy) is 1. The second-order valence-corrected chi connectivity index (χ2v) is 10.0. The summed E-state index contributed by atoms with van der Waals surface area (Å²) in [7, 11) is 0. The first-order chi connectivity index (χ1) is 17.6. The molecule has 2 aromatic carbocycles. The third kappa shape index (κ3) is 4.83. The number of benzene rings is 2. The van der Waals surface area contributed by atoms with Gasteiger partial charge in [0.1, 0.15) is 24.4 Å². The largest absolute Gasteiger partial charge is 0.612 e. The van der Waals surface area contributed by atoms with Crippen LogP contribution in [0.5, 0.6) is 0 Å². The van der Waals surface area contributed by atoms with E-state index in [1.807, 2.05) is 42.5 Å². The van der Waals surface area contributed by atoms with Gasteiger partial charge in [0.15, 0.2) is 4.90 Å². The Morgan fingerprint density at radius 3 is 2.72 bits per heavy atom. The molecule has 0 bridgehead atoms. The van der Waals surface area contributed by atoms with E-state index in [1.54, 1.807) is 12.5 Å².